The number of amidine groups is 1. The fourth-order valence-electron chi connectivity index (χ4n) is 2.45. The third-order valence-electron chi connectivity index (χ3n) is 3.57. The highest BCUT2D eigenvalue weighted by atomic mass is 16.5. The Morgan fingerprint density at radius 1 is 1.58 bits per heavy atom. The lowest BCUT2D eigenvalue weighted by atomic mass is 9.97. The van der Waals surface area contributed by atoms with Gasteiger partial charge in [0.2, 0.25) is 5.91 Å². The van der Waals surface area contributed by atoms with Crippen LogP contribution in [0.15, 0.2) is 5.16 Å². The number of nitrogens with two attached hydrogens (primary N) is 1. The molecule has 1 amide bonds. The van der Waals surface area contributed by atoms with Crippen molar-refractivity contribution in [2.45, 2.75) is 52.2 Å². The van der Waals surface area contributed by atoms with Gasteiger partial charge in [0.05, 0.1) is 12.0 Å². The Morgan fingerprint density at radius 3 is 2.79 bits per heavy atom. The van der Waals surface area contributed by atoms with Crippen LogP contribution in [0.1, 0.15) is 40.0 Å². The number of carbonyl (C=O) groups is 1. The molecule has 0 aromatic rings. The van der Waals surface area contributed by atoms with Crippen LogP contribution >= 0.6 is 0 Å². The first-order chi connectivity index (χ1) is 9.01. The van der Waals surface area contributed by atoms with Crippen molar-refractivity contribution in [2.75, 3.05) is 13.2 Å². The molecule has 6 heteroatoms. The lowest BCUT2D eigenvalue weighted by molar-refractivity contribution is -0.139. The summed E-state index contributed by atoms with van der Waals surface area (Å²) < 4.78 is 5.58. The van der Waals surface area contributed by atoms with Gasteiger partial charge in [-0.2, -0.15) is 0 Å². The molecule has 0 aromatic heterocycles. The molecule has 1 aliphatic rings. The maximum atomic E-state index is 12.6. The fourth-order valence-corrected chi connectivity index (χ4v) is 2.45. The van der Waals surface area contributed by atoms with E-state index in [1.54, 1.807) is 4.90 Å². The average molecular weight is 271 g/mol. The van der Waals surface area contributed by atoms with Gasteiger partial charge in [0, 0.05) is 25.6 Å². The fraction of sp³-hybridized carbons (Fsp3) is 0.846. The molecular formula is C13H25N3O3. The first-order valence-electron chi connectivity index (χ1n) is 6.89. The van der Waals surface area contributed by atoms with E-state index in [1.807, 2.05) is 20.8 Å². The van der Waals surface area contributed by atoms with Crippen molar-refractivity contribution < 1.29 is 14.7 Å². The topological polar surface area (TPSA) is 88.2 Å². The van der Waals surface area contributed by atoms with E-state index in [0.29, 0.717) is 19.6 Å². The van der Waals surface area contributed by atoms with Gasteiger partial charge in [0.15, 0.2) is 0 Å². The van der Waals surface area contributed by atoms with Crippen LogP contribution in [0.2, 0.25) is 0 Å². The smallest absolute Gasteiger partial charge is 0.228 e. The van der Waals surface area contributed by atoms with Crippen LogP contribution < -0.4 is 5.73 Å². The molecule has 0 aliphatic carbocycles. The van der Waals surface area contributed by atoms with Crippen LogP contribution in [-0.2, 0) is 9.53 Å². The highest BCUT2D eigenvalue weighted by Crippen LogP contribution is 2.26. The lowest BCUT2D eigenvalue weighted by Gasteiger charge is -2.30. The number of oxime groups is 1. The normalized spacial score (nSPS) is 23.9. The molecule has 0 spiro atoms. The number of carbonyl (C=O) groups excluding carboxylic acids is 1. The van der Waals surface area contributed by atoms with E-state index in [4.69, 9.17) is 15.7 Å². The molecule has 2 unspecified atom stereocenters. The standard InChI is InChI=1S/C13H25N3O3/c1-4-11-10(6-8-19-11)13(17)16(9(2)3)7-5-12(14)15-18/h9-11,18H,4-8H2,1-3H3,(H2,14,15). The van der Waals surface area contributed by atoms with E-state index < -0.39 is 0 Å². The molecule has 1 rings (SSSR count). The Kier molecular flexibility index (Phi) is 6.08. The number of ether oxygens (including phenoxy) is 1. The van der Waals surface area contributed by atoms with Gasteiger partial charge in [-0.25, -0.2) is 0 Å². The number of rotatable bonds is 6. The minimum atomic E-state index is -0.0558. The molecule has 6 nitrogen and oxygen atoms in total. The zero-order valence-electron chi connectivity index (χ0n) is 12.0. The summed E-state index contributed by atoms with van der Waals surface area (Å²) in [7, 11) is 0. The molecule has 1 saturated heterocycles. The molecule has 3 N–H and O–H groups in total. The van der Waals surface area contributed by atoms with Crippen molar-refractivity contribution in [3.05, 3.63) is 0 Å². The summed E-state index contributed by atoms with van der Waals surface area (Å²) in [5, 5.41) is 11.5. The van der Waals surface area contributed by atoms with Crippen molar-refractivity contribution >= 4 is 11.7 Å². The van der Waals surface area contributed by atoms with Crippen LogP contribution in [0.3, 0.4) is 0 Å². The summed E-state index contributed by atoms with van der Waals surface area (Å²) in [6.45, 7) is 7.11. The largest absolute Gasteiger partial charge is 0.409 e. The number of nitrogens with zero attached hydrogens (tertiary/aromatic N) is 2. The number of hydrogen-bond donors (Lipinski definition) is 2. The minimum absolute atomic E-state index is 0.0256. The minimum Gasteiger partial charge on any atom is -0.409 e. The molecule has 1 aliphatic heterocycles. The molecule has 0 saturated carbocycles. The van der Waals surface area contributed by atoms with Crippen molar-refractivity contribution in [3.63, 3.8) is 0 Å². The molecule has 0 aromatic carbocycles. The summed E-state index contributed by atoms with van der Waals surface area (Å²) in [6.07, 6.45) is 2.04. The lowest BCUT2D eigenvalue weighted by Crippen LogP contribution is -2.44. The molecule has 2 atom stereocenters. The predicted molar refractivity (Wildman–Crippen MR) is 73.0 cm³/mol. The van der Waals surface area contributed by atoms with Gasteiger partial charge in [-0.15, -0.1) is 0 Å². The van der Waals surface area contributed by atoms with Gasteiger partial charge in [0.25, 0.3) is 0 Å². The third-order valence-corrected chi connectivity index (χ3v) is 3.57. The highest BCUT2D eigenvalue weighted by molar-refractivity contribution is 5.82. The molecule has 0 radical (unpaired) electrons. The van der Waals surface area contributed by atoms with E-state index in [0.717, 1.165) is 12.8 Å². The van der Waals surface area contributed by atoms with Crippen molar-refractivity contribution in [1.29, 1.82) is 0 Å². The first kappa shape index (κ1) is 15.8. The van der Waals surface area contributed by atoms with Crippen LogP contribution in [0, 0.1) is 5.92 Å². The van der Waals surface area contributed by atoms with Gasteiger partial charge in [-0.3, -0.25) is 4.79 Å². The van der Waals surface area contributed by atoms with Gasteiger partial charge >= 0.3 is 0 Å². The summed E-state index contributed by atoms with van der Waals surface area (Å²) in [6, 6.07) is 0.0945. The zero-order chi connectivity index (χ0) is 14.4. The highest BCUT2D eigenvalue weighted by Gasteiger charge is 2.36. The molecule has 1 heterocycles. The van der Waals surface area contributed by atoms with E-state index in [9.17, 15) is 4.79 Å². The van der Waals surface area contributed by atoms with E-state index in [-0.39, 0.29) is 29.8 Å². The van der Waals surface area contributed by atoms with Crippen LogP contribution in [0.5, 0.6) is 0 Å². The van der Waals surface area contributed by atoms with Gasteiger partial charge < -0.3 is 20.6 Å². The third kappa shape index (κ3) is 4.09. The monoisotopic (exact) mass is 271 g/mol. The Bertz CT molecular complexity index is 331. The Hall–Kier alpha value is -1.30. The maximum absolute atomic E-state index is 12.6. The molecule has 19 heavy (non-hydrogen) atoms. The number of amides is 1. The van der Waals surface area contributed by atoms with E-state index in [2.05, 4.69) is 5.16 Å². The van der Waals surface area contributed by atoms with Gasteiger partial charge in [0.1, 0.15) is 5.84 Å². The summed E-state index contributed by atoms with van der Waals surface area (Å²) in [5.41, 5.74) is 5.47. The second-order valence-electron chi connectivity index (χ2n) is 5.18. The Labute approximate surface area is 114 Å². The van der Waals surface area contributed by atoms with Crippen LogP contribution in [0.25, 0.3) is 0 Å². The van der Waals surface area contributed by atoms with Gasteiger partial charge in [-0.05, 0) is 26.7 Å². The molecule has 0 bridgehead atoms. The van der Waals surface area contributed by atoms with E-state index in [1.165, 1.54) is 0 Å². The van der Waals surface area contributed by atoms with Crippen LogP contribution in [-0.4, -0.2) is 47.1 Å². The summed E-state index contributed by atoms with van der Waals surface area (Å²) >= 11 is 0. The molecule has 110 valence electrons. The SMILES string of the molecule is CCC1OCCC1C(=O)N(CCC(N)=NO)C(C)C. The van der Waals surface area contributed by atoms with Crippen molar-refractivity contribution in [2.24, 2.45) is 16.8 Å². The molecule has 1 fully saturated rings. The average Bonchev–Trinajstić information content (AvgIpc) is 2.86. The van der Waals surface area contributed by atoms with E-state index >= 15 is 0 Å². The van der Waals surface area contributed by atoms with Crippen molar-refractivity contribution in [1.82, 2.24) is 4.90 Å². The van der Waals surface area contributed by atoms with Gasteiger partial charge in [-0.1, -0.05) is 12.1 Å². The second kappa shape index (κ2) is 7.33. The quantitative estimate of drug-likeness (QED) is 0.328. The zero-order valence-corrected chi connectivity index (χ0v) is 12.0. The Morgan fingerprint density at radius 2 is 2.26 bits per heavy atom. The van der Waals surface area contributed by atoms with Crippen LogP contribution in [0.4, 0.5) is 0 Å². The first-order valence-corrected chi connectivity index (χ1v) is 6.89. The Balaban J connectivity index is 2.67. The summed E-state index contributed by atoms with van der Waals surface area (Å²) in [4.78, 5) is 14.4. The second-order valence-corrected chi connectivity index (χ2v) is 5.18. The predicted octanol–water partition coefficient (Wildman–Crippen LogP) is 1.17. The summed E-state index contributed by atoms with van der Waals surface area (Å²) in [5.74, 6) is 0.206. The number of hydrogen-bond acceptors (Lipinski definition) is 4. The maximum Gasteiger partial charge on any atom is 0.228 e. The van der Waals surface area contributed by atoms with Crippen molar-refractivity contribution in [3.8, 4) is 0 Å². The molecular weight excluding hydrogens is 246 g/mol.